The number of allylic oxidation sites excluding steroid dienone is 2. The van der Waals surface area contributed by atoms with Crippen LogP contribution in [-0.2, 0) is 19.7 Å². The van der Waals surface area contributed by atoms with Gasteiger partial charge in [-0.15, -0.1) is 11.8 Å². The smallest absolute Gasteiger partial charge is 0.303 e. The molecule has 2 saturated heterocycles. The number of carboxylic acids is 1. The Bertz CT molecular complexity index is 777. The molecule has 12 heteroatoms. The Hall–Kier alpha value is -1.08. The lowest BCUT2D eigenvalue weighted by molar-refractivity contribution is -0.137. The van der Waals surface area contributed by atoms with Crippen LogP contribution in [0.15, 0.2) is 22.1 Å². The lowest BCUT2D eigenvalue weighted by atomic mass is 10.3. The van der Waals surface area contributed by atoms with E-state index in [1.807, 2.05) is 11.0 Å². The molecule has 8 nitrogen and oxygen atoms in total. The molecule has 0 aromatic heterocycles. The van der Waals surface area contributed by atoms with Crippen molar-refractivity contribution >= 4 is 62.1 Å². The fourth-order valence-corrected chi connectivity index (χ4v) is 5.31. The highest BCUT2D eigenvalue weighted by Crippen LogP contribution is 2.33. The van der Waals surface area contributed by atoms with Crippen molar-refractivity contribution in [3.8, 4) is 0 Å². The number of thioether (sulfide) groups is 2. The quantitative estimate of drug-likeness (QED) is 0.305. The van der Waals surface area contributed by atoms with Crippen LogP contribution in [0.4, 0.5) is 0 Å². The Balaban J connectivity index is 1.95. The van der Waals surface area contributed by atoms with Gasteiger partial charge < -0.3 is 10.0 Å². The molecule has 2 fully saturated rings. The average molecular weight is 453 g/mol. The molecule has 2 N–H and O–H groups in total. The van der Waals surface area contributed by atoms with E-state index in [-0.39, 0.29) is 24.6 Å². The number of rotatable bonds is 9. The zero-order valence-electron chi connectivity index (χ0n) is 14.4. The van der Waals surface area contributed by atoms with Gasteiger partial charge in [-0.2, -0.15) is 8.42 Å². The first-order valence-electron chi connectivity index (χ1n) is 8.18. The monoisotopic (exact) mass is 452 g/mol. The molecule has 0 aromatic rings. The maximum Gasteiger partial charge on any atom is 0.303 e. The highest BCUT2D eigenvalue weighted by molar-refractivity contribution is 8.26. The van der Waals surface area contributed by atoms with E-state index in [0.717, 1.165) is 17.3 Å². The number of nitrogens with zero attached hydrogens (tertiary/aromatic N) is 2. The molecule has 2 rings (SSSR count). The van der Waals surface area contributed by atoms with Gasteiger partial charge >= 0.3 is 5.97 Å². The van der Waals surface area contributed by atoms with Gasteiger partial charge in [0.25, 0.3) is 16.0 Å². The van der Waals surface area contributed by atoms with Gasteiger partial charge in [0.05, 0.1) is 15.7 Å². The topological polar surface area (TPSA) is 115 Å². The maximum absolute atomic E-state index is 12.4. The van der Waals surface area contributed by atoms with Crippen LogP contribution in [0.5, 0.6) is 0 Å². The number of hydrogen-bond acceptors (Lipinski definition) is 8. The number of thiocarbonyl (C=S) groups is 1. The summed E-state index contributed by atoms with van der Waals surface area (Å²) in [6.45, 7) is 1.55. The number of aliphatic carboxylic acids is 1. The molecular formula is C15H20N2O6S4. The molecule has 0 bridgehead atoms. The second-order valence-corrected chi connectivity index (χ2v) is 10.2. The van der Waals surface area contributed by atoms with E-state index in [1.54, 1.807) is 17.8 Å². The number of carbonyl (C=O) groups excluding carboxylic acids is 1. The fraction of sp³-hybridized carbons (Fsp3) is 0.533. The van der Waals surface area contributed by atoms with Crippen molar-refractivity contribution < 1.29 is 27.7 Å². The Kier molecular flexibility index (Phi) is 8.16. The zero-order valence-corrected chi connectivity index (χ0v) is 17.6. The van der Waals surface area contributed by atoms with E-state index < -0.39 is 16.1 Å². The van der Waals surface area contributed by atoms with Crippen LogP contribution < -0.4 is 0 Å². The van der Waals surface area contributed by atoms with Crippen LogP contribution in [0.3, 0.4) is 0 Å². The number of carboxylic acid groups (broad SMARTS) is 1. The predicted octanol–water partition coefficient (Wildman–Crippen LogP) is 1.76. The standard InChI is InChI=1S/C15H20N2O6S4/c18-13(19)3-1-7-17-14(20)11(26-15(17)24)4-5-12-16(8-9-25-12)6-2-10-27(21,22)23/h4-5H,1-3,6-10H2,(H,18,19)(H,21,22,23). The number of hydrogen-bond donors (Lipinski definition) is 2. The number of carbonyl (C=O) groups is 2. The summed E-state index contributed by atoms with van der Waals surface area (Å²) in [5.74, 6) is -0.556. The minimum atomic E-state index is -3.96. The van der Waals surface area contributed by atoms with Crippen LogP contribution in [0.25, 0.3) is 0 Å². The van der Waals surface area contributed by atoms with Gasteiger partial charge in [-0.1, -0.05) is 24.0 Å². The summed E-state index contributed by atoms with van der Waals surface area (Å²) in [6.07, 6.45) is 4.15. The van der Waals surface area contributed by atoms with Crippen molar-refractivity contribution in [2.24, 2.45) is 0 Å². The van der Waals surface area contributed by atoms with Crippen LogP contribution in [0.2, 0.25) is 0 Å². The predicted molar refractivity (Wildman–Crippen MR) is 110 cm³/mol. The zero-order chi connectivity index (χ0) is 20.0. The van der Waals surface area contributed by atoms with Gasteiger partial charge in [0.1, 0.15) is 4.32 Å². The molecule has 0 unspecified atom stereocenters. The van der Waals surface area contributed by atoms with Crippen LogP contribution in [0, 0.1) is 0 Å². The summed E-state index contributed by atoms with van der Waals surface area (Å²) in [4.78, 5) is 26.9. The molecule has 0 radical (unpaired) electrons. The molecule has 0 atom stereocenters. The largest absolute Gasteiger partial charge is 0.481 e. The van der Waals surface area contributed by atoms with E-state index in [1.165, 1.54) is 16.7 Å². The van der Waals surface area contributed by atoms with Gasteiger partial charge in [0.2, 0.25) is 0 Å². The summed E-state index contributed by atoms with van der Waals surface area (Å²) in [5, 5.41) is 9.62. The maximum atomic E-state index is 12.4. The highest BCUT2D eigenvalue weighted by atomic mass is 32.2. The molecule has 2 aliphatic heterocycles. The third kappa shape index (κ3) is 7.11. The first-order valence-corrected chi connectivity index (χ1v) is 12.0. The summed E-state index contributed by atoms with van der Waals surface area (Å²) < 4.78 is 30.9. The van der Waals surface area contributed by atoms with E-state index >= 15 is 0 Å². The average Bonchev–Trinajstić information content (AvgIpc) is 3.10. The molecular weight excluding hydrogens is 432 g/mol. The number of amides is 1. The molecule has 2 aliphatic rings. The molecule has 0 aliphatic carbocycles. The third-order valence-electron chi connectivity index (χ3n) is 3.78. The first-order chi connectivity index (χ1) is 12.7. The van der Waals surface area contributed by atoms with Crippen molar-refractivity contribution in [2.45, 2.75) is 19.3 Å². The second-order valence-electron chi connectivity index (χ2n) is 5.83. The molecule has 0 saturated carbocycles. The van der Waals surface area contributed by atoms with Crippen LogP contribution in [0.1, 0.15) is 19.3 Å². The fourth-order valence-electron chi connectivity index (χ4n) is 2.52. The van der Waals surface area contributed by atoms with Crippen LogP contribution >= 0.6 is 35.7 Å². The van der Waals surface area contributed by atoms with E-state index in [9.17, 15) is 18.0 Å². The Morgan fingerprint density at radius 1 is 1.26 bits per heavy atom. The molecule has 1 amide bonds. The molecule has 2 heterocycles. The molecule has 0 spiro atoms. The molecule has 27 heavy (non-hydrogen) atoms. The SMILES string of the molecule is O=C(O)CCCN1C(=O)C(=CC=C2SCCN2CCCS(=O)(=O)O)SC1=S. The van der Waals surface area contributed by atoms with Gasteiger partial charge in [-0.25, -0.2) is 0 Å². The molecule has 0 aromatic carbocycles. The Morgan fingerprint density at radius 3 is 2.67 bits per heavy atom. The lowest BCUT2D eigenvalue weighted by Crippen LogP contribution is -2.29. The van der Waals surface area contributed by atoms with Crippen molar-refractivity contribution in [1.82, 2.24) is 9.80 Å². The van der Waals surface area contributed by atoms with Gasteiger partial charge in [0.15, 0.2) is 0 Å². The van der Waals surface area contributed by atoms with E-state index in [4.69, 9.17) is 21.9 Å². The van der Waals surface area contributed by atoms with Crippen molar-refractivity contribution in [3.63, 3.8) is 0 Å². The normalized spacial score (nSPS) is 21.1. The third-order valence-corrected chi connectivity index (χ3v) is 7.05. The summed E-state index contributed by atoms with van der Waals surface area (Å²) in [6, 6.07) is 0. The lowest BCUT2D eigenvalue weighted by Gasteiger charge is -2.18. The first kappa shape index (κ1) is 22.2. The summed E-state index contributed by atoms with van der Waals surface area (Å²) >= 11 is 7.99. The van der Waals surface area contributed by atoms with Crippen molar-refractivity contribution in [3.05, 3.63) is 22.1 Å². The Labute approximate surface area is 171 Å². The van der Waals surface area contributed by atoms with Gasteiger partial charge in [-0.05, 0) is 25.0 Å². The van der Waals surface area contributed by atoms with Gasteiger partial charge in [-0.3, -0.25) is 19.0 Å². The molecule has 150 valence electrons. The second kappa shape index (κ2) is 9.92. The van der Waals surface area contributed by atoms with Crippen LogP contribution in [-0.4, -0.2) is 75.2 Å². The minimum absolute atomic E-state index is 0.0185. The van der Waals surface area contributed by atoms with Crippen molar-refractivity contribution in [2.75, 3.05) is 31.1 Å². The Morgan fingerprint density at radius 2 is 2.00 bits per heavy atom. The van der Waals surface area contributed by atoms with E-state index in [2.05, 4.69) is 0 Å². The van der Waals surface area contributed by atoms with E-state index in [0.29, 0.717) is 28.6 Å². The highest BCUT2D eigenvalue weighted by Gasteiger charge is 2.31. The van der Waals surface area contributed by atoms with Crippen molar-refractivity contribution in [1.29, 1.82) is 0 Å². The summed E-state index contributed by atoms with van der Waals surface area (Å²) in [5.41, 5.74) is 0. The minimum Gasteiger partial charge on any atom is -0.481 e. The summed E-state index contributed by atoms with van der Waals surface area (Å²) in [7, 11) is -3.96. The van der Waals surface area contributed by atoms with Gasteiger partial charge in [0, 0.05) is 31.8 Å².